The highest BCUT2D eigenvalue weighted by atomic mass is 16.2. The first kappa shape index (κ1) is 13.7. The molecule has 0 aliphatic carbocycles. The van der Waals surface area contributed by atoms with E-state index in [1.165, 1.54) is 5.56 Å². The molecule has 3 nitrogen and oxygen atoms in total. The molecule has 1 N–H and O–H groups in total. The third-order valence-electron chi connectivity index (χ3n) is 3.12. The molecule has 0 saturated heterocycles. The molecule has 1 aromatic heterocycles. The van der Waals surface area contributed by atoms with Crippen LogP contribution in [0.1, 0.15) is 30.4 Å². The van der Waals surface area contributed by atoms with E-state index in [1.807, 2.05) is 13.0 Å². The standard InChI is InChI=1S/C16H20N2O/c1-3-13-6-8-14(9-7-13)15-11-12(2)17-16(18-15)5-4-10-19/h6-9,11,19H,3-5,10H2,1-2H3. The van der Waals surface area contributed by atoms with E-state index in [9.17, 15) is 0 Å². The van der Waals surface area contributed by atoms with Crippen LogP contribution < -0.4 is 0 Å². The van der Waals surface area contributed by atoms with Gasteiger partial charge in [-0.15, -0.1) is 0 Å². The minimum atomic E-state index is 0.178. The van der Waals surface area contributed by atoms with Gasteiger partial charge in [-0.05, 0) is 31.4 Å². The first-order chi connectivity index (χ1) is 9.22. The lowest BCUT2D eigenvalue weighted by Gasteiger charge is -2.06. The molecular formula is C16H20N2O. The van der Waals surface area contributed by atoms with Gasteiger partial charge in [-0.1, -0.05) is 31.2 Å². The molecule has 2 aromatic rings. The Morgan fingerprint density at radius 3 is 2.47 bits per heavy atom. The maximum Gasteiger partial charge on any atom is 0.129 e. The molecule has 0 radical (unpaired) electrons. The molecule has 2 rings (SSSR count). The van der Waals surface area contributed by atoms with Gasteiger partial charge in [-0.2, -0.15) is 0 Å². The summed E-state index contributed by atoms with van der Waals surface area (Å²) in [6.45, 7) is 4.31. The maximum absolute atomic E-state index is 8.89. The van der Waals surface area contributed by atoms with Crippen molar-refractivity contribution < 1.29 is 5.11 Å². The van der Waals surface area contributed by atoms with Gasteiger partial charge in [0.05, 0.1) is 5.69 Å². The lowest BCUT2D eigenvalue weighted by Crippen LogP contribution is -2.00. The molecule has 0 atom stereocenters. The van der Waals surface area contributed by atoms with Crippen LogP contribution >= 0.6 is 0 Å². The lowest BCUT2D eigenvalue weighted by atomic mass is 10.1. The predicted octanol–water partition coefficient (Wildman–Crippen LogP) is 2.94. The molecule has 19 heavy (non-hydrogen) atoms. The summed E-state index contributed by atoms with van der Waals surface area (Å²) in [6.07, 6.45) is 2.47. The van der Waals surface area contributed by atoms with Gasteiger partial charge < -0.3 is 5.11 Å². The highest BCUT2D eigenvalue weighted by molar-refractivity contribution is 5.59. The fourth-order valence-corrected chi connectivity index (χ4v) is 2.04. The van der Waals surface area contributed by atoms with Crippen molar-refractivity contribution in [3.8, 4) is 11.3 Å². The molecular weight excluding hydrogens is 236 g/mol. The lowest BCUT2D eigenvalue weighted by molar-refractivity contribution is 0.287. The summed E-state index contributed by atoms with van der Waals surface area (Å²) in [4.78, 5) is 8.98. The molecule has 1 heterocycles. The number of hydrogen-bond acceptors (Lipinski definition) is 3. The van der Waals surface area contributed by atoms with Crippen LogP contribution in [0.3, 0.4) is 0 Å². The number of aryl methyl sites for hydroxylation is 3. The predicted molar refractivity (Wildman–Crippen MR) is 77.0 cm³/mol. The summed E-state index contributed by atoms with van der Waals surface area (Å²) in [6, 6.07) is 10.5. The Balaban J connectivity index is 2.29. The average Bonchev–Trinajstić information content (AvgIpc) is 2.44. The zero-order chi connectivity index (χ0) is 13.7. The second-order valence-corrected chi connectivity index (χ2v) is 4.69. The number of hydrogen-bond donors (Lipinski definition) is 1. The second-order valence-electron chi connectivity index (χ2n) is 4.69. The first-order valence-electron chi connectivity index (χ1n) is 6.77. The Morgan fingerprint density at radius 2 is 1.84 bits per heavy atom. The second kappa shape index (κ2) is 6.43. The zero-order valence-electron chi connectivity index (χ0n) is 11.6. The minimum absolute atomic E-state index is 0.178. The number of aromatic nitrogens is 2. The molecule has 0 spiro atoms. The topological polar surface area (TPSA) is 46.0 Å². The van der Waals surface area contributed by atoms with Crippen molar-refractivity contribution in [1.29, 1.82) is 0 Å². The van der Waals surface area contributed by atoms with Gasteiger partial charge in [0.15, 0.2) is 0 Å². The van der Waals surface area contributed by atoms with E-state index in [0.717, 1.165) is 35.6 Å². The molecule has 100 valence electrons. The Labute approximate surface area is 114 Å². The van der Waals surface area contributed by atoms with E-state index in [0.29, 0.717) is 6.42 Å². The van der Waals surface area contributed by atoms with Gasteiger partial charge in [-0.3, -0.25) is 0 Å². The van der Waals surface area contributed by atoms with Crippen molar-refractivity contribution in [3.05, 3.63) is 47.4 Å². The van der Waals surface area contributed by atoms with Crippen LogP contribution in [-0.2, 0) is 12.8 Å². The Morgan fingerprint density at radius 1 is 1.11 bits per heavy atom. The quantitative estimate of drug-likeness (QED) is 0.894. The summed E-state index contributed by atoms with van der Waals surface area (Å²) in [7, 11) is 0. The van der Waals surface area contributed by atoms with E-state index < -0.39 is 0 Å². The first-order valence-corrected chi connectivity index (χ1v) is 6.77. The highest BCUT2D eigenvalue weighted by Crippen LogP contribution is 2.19. The van der Waals surface area contributed by atoms with Crippen molar-refractivity contribution in [3.63, 3.8) is 0 Å². The van der Waals surface area contributed by atoms with E-state index in [2.05, 4.69) is 41.2 Å². The van der Waals surface area contributed by atoms with Crippen molar-refractivity contribution in [2.75, 3.05) is 6.61 Å². The fraction of sp³-hybridized carbons (Fsp3) is 0.375. The summed E-state index contributed by atoms with van der Waals surface area (Å²) >= 11 is 0. The normalized spacial score (nSPS) is 10.7. The average molecular weight is 256 g/mol. The van der Waals surface area contributed by atoms with Crippen LogP contribution in [0.15, 0.2) is 30.3 Å². The molecule has 0 bridgehead atoms. The minimum Gasteiger partial charge on any atom is -0.396 e. The van der Waals surface area contributed by atoms with E-state index in [4.69, 9.17) is 5.11 Å². The molecule has 0 saturated carbocycles. The summed E-state index contributed by atoms with van der Waals surface area (Å²) in [5.74, 6) is 0.809. The van der Waals surface area contributed by atoms with Crippen LogP contribution in [0.4, 0.5) is 0 Å². The highest BCUT2D eigenvalue weighted by Gasteiger charge is 2.04. The van der Waals surface area contributed by atoms with Crippen molar-refractivity contribution in [2.45, 2.75) is 33.1 Å². The fourth-order valence-electron chi connectivity index (χ4n) is 2.04. The number of aliphatic hydroxyl groups is 1. The van der Waals surface area contributed by atoms with Gasteiger partial charge in [0.1, 0.15) is 5.82 Å². The van der Waals surface area contributed by atoms with Crippen LogP contribution in [0, 0.1) is 6.92 Å². The molecule has 0 amide bonds. The van der Waals surface area contributed by atoms with Gasteiger partial charge in [-0.25, -0.2) is 9.97 Å². The van der Waals surface area contributed by atoms with Gasteiger partial charge in [0.25, 0.3) is 0 Å². The Hall–Kier alpha value is -1.74. The van der Waals surface area contributed by atoms with E-state index >= 15 is 0 Å². The number of nitrogens with zero attached hydrogens (tertiary/aromatic N) is 2. The smallest absolute Gasteiger partial charge is 0.129 e. The Kier molecular flexibility index (Phi) is 4.63. The van der Waals surface area contributed by atoms with E-state index in [1.54, 1.807) is 0 Å². The Bertz CT molecular complexity index is 535. The van der Waals surface area contributed by atoms with Crippen molar-refractivity contribution >= 4 is 0 Å². The molecule has 1 aromatic carbocycles. The third-order valence-corrected chi connectivity index (χ3v) is 3.12. The zero-order valence-corrected chi connectivity index (χ0v) is 11.6. The summed E-state index contributed by atoms with van der Waals surface area (Å²) < 4.78 is 0. The van der Waals surface area contributed by atoms with Crippen LogP contribution in [-0.4, -0.2) is 21.7 Å². The molecule has 3 heteroatoms. The van der Waals surface area contributed by atoms with Crippen molar-refractivity contribution in [2.24, 2.45) is 0 Å². The summed E-state index contributed by atoms with van der Waals surface area (Å²) in [5, 5.41) is 8.89. The number of rotatable bonds is 5. The van der Waals surface area contributed by atoms with Crippen molar-refractivity contribution in [1.82, 2.24) is 9.97 Å². The van der Waals surface area contributed by atoms with Crippen LogP contribution in [0.5, 0.6) is 0 Å². The van der Waals surface area contributed by atoms with Crippen LogP contribution in [0.2, 0.25) is 0 Å². The molecule has 0 aliphatic heterocycles. The third kappa shape index (κ3) is 3.61. The number of aliphatic hydroxyl groups excluding tert-OH is 1. The molecule has 0 unspecified atom stereocenters. The monoisotopic (exact) mass is 256 g/mol. The van der Waals surface area contributed by atoms with Gasteiger partial charge in [0.2, 0.25) is 0 Å². The largest absolute Gasteiger partial charge is 0.396 e. The molecule has 0 fully saturated rings. The van der Waals surface area contributed by atoms with Gasteiger partial charge in [0, 0.05) is 24.3 Å². The summed E-state index contributed by atoms with van der Waals surface area (Å²) in [5.41, 5.74) is 4.38. The van der Waals surface area contributed by atoms with Crippen LogP contribution in [0.25, 0.3) is 11.3 Å². The van der Waals surface area contributed by atoms with E-state index in [-0.39, 0.29) is 6.61 Å². The SMILES string of the molecule is CCc1ccc(-c2cc(C)nc(CCCO)n2)cc1. The number of benzene rings is 1. The maximum atomic E-state index is 8.89. The molecule has 0 aliphatic rings. The van der Waals surface area contributed by atoms with Gasteiger partial charge >= 0.3 is 0 Å².